The second-order valence-corrected chi connectivity index (χ2v) is 5.60. The SMILES string of the molecule is NC1(COc2c([N+](=O)[O-])cnc3ccccc23)CCCC1. The number of hydrogen-bond donors (Lipinski definition) is 1. The van der Waals surface area contributed by atoms with E-state index in [1.54, 1.807) is 12.1 Å². The highest BCUT2D eigenvalue weighted by atomic mass is 16.6. The fraction of sp³-hybridized carbons (Fsp3) is 0.400. The number of ether oxygens (including phenoxy) is 1. The Hall–Kier alpha value is -2.21. The van der Waals surface area contributed by atoms with Crippen LogP contribution in [0.4, 0.5) is 5.69 Å². The molecule has 21 heavy (non-hydrogen) atoms. The fourth-order valence-electron chi connectivity index (χ4n) is 2.83. The molecule has 1 fully saturated rings. The number of pyridine rings is 1. The molecular weight excluding hydrogens is 270 g/mol. The van der Waals surface area contributed by atoms with Crippen LogP contribution in [0, 0.1) is 10.1 Å². The zero-order chi connectivity index (χ0) is 14.9. The van der Waals surface area contributed by atoms with Gasteiger partial charge in [-0.05, 0) is 25.0 Å². The van der Waals surface area contributed by atoms with Gasteiger partial charge >= 0.3 is 5.69 Å². The number of aromatic nitrogens is 1. The minimum Gasteiger partial charge on any atom is -0.484 e. The van der Waals surface area contributed by atoms with E-state index in [1.165, 1.54) is 6.20 Å². The zero-order valence-corrected chi connectivity index (χ0v) is 11.6. The average Bonchev–Trinajstić information content (AvgIpc) is 2.91. The van der Waals surface area contributed by atoms with Crippen LogP contribution in [-0.4, -0.2) is 22.1 Å². The molecule has 1 aliphatic rings. The Morgan fingerprint density at radius 1 is 1.33 bits per heavy atom. The van der Waals surface area contributed by atoms with E-state index in [0.29, 0.717) is 17.5 Å². The number of para-hydroxylation sites is 1. The summed E-state index contributed by atoms with van der Waals surface area (Å²) >= 11 is 0. The van der Waals surface area contributed by atoms with Crippen LogP contribution in [-0.2, 0) is 0 Å². The van der Waals surface area contributed by atoms with Crippen molar-refractivity contribution in [2.45, 2.75) is 31.2 Å². The molecule has 2 N–H and O–H groups in total. The summed E-state index contributed by atoms with van der Waals surface area (Å²) < 4.78 is 5.79. The van der Waals surface area contributed by atoms with Gasteiger partial charge in [0.1, 0.15) is 12.8 Å². The summed E-state index contributed by atoms with van der Waals surface area (Å²) in [7, 11) is 0. The first kappa shape index (κ1) is 13.8. The van der Waals surface area contributed by atoms with Gasteiger partial charge in [-0.1, -0.05) is 25.0 Å². The highest BCUT2D eigenvalue weighted by molar-refractivity contribution is 5.88. The molecule has 3 rings (SSSR count). The number of benzene rings is 1. The van der Waals surface area contributed by atoms with Crippen molar-refractivity contribution < 1.29 is 9.66 Å². The molecule has 0 spiro atoms. The summed E-state index contributed by atoms with van der Waals surface area (Å²) in [5.41, 5.74) is 6.45. The van der Waals surface area contributed by atoms with Crippen LogP contribution in [0.2, 0.25) is 0 Å². The van der Waals surface area contributed by atoms with Crippen molar-refractivity contribution in [3.8, 4) is 5.75 Å². The van der Waals surface area contributed by atoms with E-state index in [1.807, 2.05) is 12.1 Å². The van der Waals surface area contributed by atoms with Gasteiger partial charge < -0.3 is 10.5 Å². The third kappa shape index (κ3) is 2.67. The largest absolute Gasteiger partial charge is 0.484 e. The van der Waals surface area contributed by atoms with Crippen LogP contribution in [0.15, 0.2) is 30.5 Å². The van der Waals surface area contributed by atoms with E-state index >= 15 is 0 Å². The van der Waals surface area contributed by atoms with Crippen molar-refractivity contribution in [2.24, 2.45) is 5.73 Å². The maximum Gasteiger partial charge on any atom is 0.329 e. The highest BCUT2D eigenvalue weighted by Gasteiger charge is 2.31. The van der Waals surface area contributed by atoms with Crippen LogP contribution in [0.25, 0.3) is 10.9 Å². The number of rotatable bonds is 4. The van der Waals surface area contributed by atoms with Gasteiger partial charge in [-0.2, -0.15) is 0 Å². The minimum absolute atomic E-state index is 0.115. The molecule has 0 saturated heterocycles. The number of nitrogens with two attached hydrogens (primary N) is 1. The number of nitro groups is 1. The molecule has 2 aromatic rings. The van der Waals surface area contributed by atoms with E-state index < -0.39 is 4.92 Å². The molecule has 0 radical (unpaired) electrons. The predicted molar refractivity (Wildman–Crippen MR) is 79.3 cm³/mol. The van der Waals surface area contributed by atoms with Crippen molar-refractivity contribution >= 4 is 16.6 Å². The molecule has 110 valence electrons. The van der Waals surface area contributed by atoms with Crippen LogP contribution < -0.4 is 10.5 Å². The Bertz CT molecular complexity index is 681. The van der Waals surface area contributed by atoms with Crippen molar-refractivity contribution in [1.82, 2.24) is 4.98 Å². The molecule has 0 amide bonds. The van der Waals surface area contributed by atoms with Crippen LogP contribution in [0.5, 0.6) is 5.75 Å². The van der Waals surface area contributed by atoms with E-state index in [0.717, 1.165) is 25.7 Å². The number of hydrogen-bond acceptors (Lipinski definition) is 5. The van der Waals surface area contributed by atoms with Gasteiger partial charge in [0.05, 0.1) is 16.0 Å². The molecule has 1 aromatic carbocycles. The van der Waals surface area contributed by atoms with Gasteiger partial charge in [0.2, 0.25) is 5.75 Å². The van der Waals surface area contributed by atoms with Gasteiger partial charge in [-0.3, -0.25) is 10.1 Å². The van der Waals surface area contributed by atoms with Crippen molar-refractivity contribution in [2.75, 3.05) is 6.61 Å². The maximum absolute atomic E-state index is 11.2. The lowest BCUT2D eigenvalue weighted by molar-refractivity contribution is -0.386. The fourth-order valence-corrected chi connectivity index (χ4v) is 2.83. The quantitative estimate of drug-likeness (QED) is 0.689. The summed E-state index contributed by atoms with van der Waals surface area (Å²) in [6, 6.07) is 7.24. The molecule has 1 aromatic heterocycles. The molecule has 0 atom stereocenters. The molecule has 0 bridgehead atoms. The summed E-state index contributed by atoms with van der Waals surface area (Å²) in [5.74, 6) is 0.266. The summed E-state index contributed by atoms with van der Waals surface area (Å²) in [4.78, 5) is 14.8. The molecule has 0 unspecified atom stereocenters. The van der Waals surface area contributed by atoms with Gasteiger partial charge in [-0.15, -0.1) is 0 Å². The van der Waals surface area contributed by atoms with Crippen molar-refractivity contribution in [3.63, 3.8) is 0 Å². The molecular formula is C15H17N3O3. The second kappa shape index (κ2) is 5.29. The van der Waals surface area contributed by atoms with E-state index in [9.17, 15) is 10.1 Å². The molecule has 1 heterocycles. The van der Waals surface area contributed by atoms with E-state index in [2.05, 4.69) is 4.98 Å². The normalized spacial score (nSPS) is 17.0. The second-order valence-electron chi connectivity index (χ2n) is 5.60. The maximum atomic E-state index is 11.2. The van der Waals surface area contributed by atoms with Gasteiger partial charge in [-0.25, -0.2) is 4.98 Å². The van der Waals surface area contributed by atoms with Crippen LogP contribution >= 0.6 is 0 Å². The standard InChI is InChI=1S/C15H17N3O3/c16-15(7-3-4-8-15)10-21-14-11-5-1-2-6-12(11)17-9-13(14)18(19)20/h1-2,5-6,9H,3-4,7-8,10,16H2. The highest BCUT2D eigenvalue weighted by Crippen LogP contribution is 2.35. The molecule has 6 heteroatoms. The third-order valence-electron chi connectivity index (χ3n) is 4.01. The van der Waals surface area contributed by atoms with E-state index in [-0.39, 0.29) is 17.0 Å². The lowest BCUT2D eigenvalue weighted by Crippen LogP contribution is -2.42. The van der Waals surface area contributed by atoms with Crippen LogP contribution in [0.1, 0.15) is 25.7 Å². The number of nitrogens with zero attached hydrogens (tertiary/aromatic N) is 2. The first-order valence-electron chi connectivity index (χ1n) is 7.03. The van der Waals surface area contributed by atoms with Gasteiger partial charge in [0, 0.05) is 5.39 Å². The summed E-state index contributed by atoms with van der Waals surface area (Å²) in [5, 5.41) is 11.8. The average molecular weight is 287 g/mol. The smallest absolute Gasteiger partial charge is 0.329 e. The van der Waals surface area contributed by atoms with Crippen molar-refractivity contribution in [3.05, 3.63) is 40.6 Å². The lowest BCUT2D eigenvalue weighted by Gasteiger charge is -2.23. The minimum atomic E-state index is -0.466. The Balaban J connectivity index is 1.98. The first-order valence-corrected chi connectivity index (χ1v) is 7.03. The Morgan fingerprint density at radius 2 is 2.05 bits per heavy atom. The molecule has 6 nitrogen and oxygen atoms in total. The van der Waals surface area contributed by atoms with Gasteiger partial charge in [0.25, 0.3) is 0 Å². The lowest BCUT2D eigenvalue weighted by atomic mass is 10.0. The summed E-state index contributed by atoms with van der Waals surface area (Å²) in [6.45, 7) is 0.293. The van der Waals surface area contributed by atoms with Crippen molar-refractivity contribution in [1.29, 1.82) is 0 Å². The van der Waals surface area contributed by atoms with Gasteiger partial charge in [0.15, 0.2) is 0 Å². The number of fused-ring (bicyclic) bond motifs is 1. The molecule has 1 saturated carbocycles. The Morgan fingerprint density at radius 3 is 2.76 bits per heavy atom. The Kier molecular flexibility index (Phi) is 3.47. The topological polar surface area (TPSA) is 91.3 Å². The zero-order valence-electron chi connectivity index (χ0n) is 11.6. The van der Waals surface area contributed by atoms with Crippen LogP contribution in [0.3, 0.4) is 0 Å². The predicted octanol–water partition coefficient (Wildman–Crippen LogP) is 2.79. The summed E-state index contributed by atoms with van der Waals surface area (Å²) in [6.07, 6.45) is 5.20. The monoisotopic (exact) mass is 287 g/mol. The Labute approximate surface area is 122 Å². The molecule has 0 aliphatic heterocycles. The third-order valence-corrected chi connectivity index (χ3v) is 4.01. The molecule has 1 aliphatic carbocycles. The van der Waals surface area contributed by atoms with E-state index in [4.69, 9.17) is 10.5 Å². The first-order chi connectivity index (χ1) is 10.1.